The van der Waals surface area contributed by atoms with E-state index in [4.69, 9.17) is 0 Å². The molecule has 0 aliphatic carbocycles. The van der Waals surface area contributed by atoms with Crippen molar-refractivity contribution in [2.45, 2.75) is 6.54 Å². The summed E-state index contributed by atoms with van der Waals surface area (Å²) in [6.45, 7) is 0.703. The molecule has 4 heteroatoms. The zero-order valence-corrected chi connectivity index (χ0v) is 13.9. The third-order valence-corrected chi connectivity index (χ3v) is 3.82. The van der Waals surface area contributed by atoms with Crippen LogP contribution in [0.3, 0.4) is 0 Å². The molecule has 26 heavy (non-hydrogen) atoms. The van der Waals surface area contributed by atoms with E-state index in [0.29, 0.717) is 17.8 Å². The van der Waals surface area contributed by atoms with Crippen LogP contribution in [-0.4, -0.2) is 19.5 Å². The number of benzene rings is 2. The van der Waals surface area contributed by atoms with E-state index in [0.717, 1.165) is 11.2 Å². The summed E-state index contributed by atoms with van der Waals surface area (Å²) >= 11 is 0. The average Bonchev–Trinajstić information content (AvgIpc) is 3.10. The summed E-state index contributed by atoms with van der Waals surface area (Å²) in [5.74, 6) is 11.7. The highest BCUT2D eigenvalue weighted by molar-refractivity contribution is 5.76. The third-order valence-electron chi connectivity index (χ3n) is 3.82. The topological polar surface area (TPSA) is 43.6 Å². The summed E-state index contributed by atoms with van der Waals surface area (Å²) in [7, 11) is 0. The third kappa shape index (κ3) is 3.45. The molecule has 2 aromatic heterocycles. The van der Waals surface area contributed by atoms with Crippen LogP contribution >= 0.6 is 0 Å². The van der Waals surface area contributed by atoms with Gasteiger partial charge < -0.3 is 4.57 Å². The van der Waals surface area contributed by atoms with Crippen molar-refractivity contribution in [3.63, 3.8) is 0 Å². The maximum atomic E-state index is 4.44. The summed E-state index contributed by atoms with van der Waals surface area (Å²) in [4.78, 5) is 13.0. The van der Waals surface area contributed by atoms with Gasteiger partial charge in [-0.1, -0.05) is 54.5 Å². The van der Waals surface area contributed by atoms with Crippen LogP contribution in [0.15, 0.2) is 73.3 Å². The van der Waals surface area contributed by atoms with Gasteiger partial charge in [-0.3, -0.25) is 0 Å². The summed E-state index contributed by atoms with van der Waals surface area (Å²) in [5.41, 5.74) is 4.17. The SMILES string of the molecule is C(C#Cc1ncnc2c1ncn2Cc1ccccc1)#Cc1ccccc1. The number of hydrogen-bond acceptors (Lipinski definition) is 3. The summed E-state index contributed by atoms with van der Waals surface area (Å²) in [6.07, 6.45) is 3.29. The van der Waals surface area contributed by atoms with E-state index in [9.17, 15) is 0 Å². The Balaban J connectivity index is 1.62. The van der Waals surface area contributed by atoms with Gasteiger partial charge in [-0.05, 0) is 35.5 Å². The van der Waals surface area contributed by atoms with Crippen molar-refractivity contribution in [3.8, 4) is 23.7 Å². The van der Waals surface area contributed by atoms with Crippen LogP contribution in [0.4, 0.5) is 0 Å². The minimum absolute atomic E-state index is 0.587. The first-order valence-electron chi connectivity index (χ1n) is 8.17. The molecule has 0 N–H and O–H groups in total. The van der Waals surface area contributed by atoms with Gasteiger partial charge in [-0.2, -0.15) is 0 Å². The average molecular weight is 334 g/mol. The van der Waals surface area contributed by atoms with E-state index in [2.05, 4.69) is 50.8 Å². The molecule has 0 saturated carbocycles. The lowest BCUT2D eigenvalue weighted by Crippen LogP contribution is -1.99. The van der Waals surface area contributed by atoms with E-state index >= 15 is 0 Å². The fraction of sp³-hybridized carbons (Fsp3) is 0.0455. The molecule has 0 amide bonds. The molecule has 0 atom stereocenters. The largest absolute Gasteiger partial charge is 0.311 e. The van der Waals surface area contributed by atoms with Gasteiger partial charge in [0.25, 0.3) is 0 Å². The number of nitrogens with zero attached hydrogens (tertiary/aromatic N) is 4. The van der Waals surface area contributed by atoms with E-state index in [1.165, 1.54) is 11.9 Å². The molecule has 0 spiro atoms. The smallest absolute Gasteiger partial charge is 0.164 e. The highest BCUT2D eigenvalue weighted by Gasteiger charge is 2.08. The van der Waals surface area contributed by atoms with Crippen LogP contribution in [0.2, 0.25) is 0 Å². The van der Waals surface area contributed by atoms with Crippen LogP contribution in [0.25, 0.3) is 11.2 Å². The minimum Gasteiger partial charge on any atom is -0.311 e. The Labute approximate surface area is 151 Å². The van der Waals surface area contributed by atoms with Gasteiger partial charge in [0.05, 0.1) is 12.9 Å². The molecule has 2 aromatic carbocycles. The monoisotopic (exact) mass is 334 g/mol. The zero-order chi connectivity index (χ0) is 17.6. The van der Waals surface area contributed by atoms with Crippen molar-refractivity contribution in [1.29, 1.82) is 0 Å². The molecule has 0 saturated heterocycles. The van der Waals surface area contributed by atoms with Gasteiger partial charge in [0.1, 0.15) is 17.5 Å². The lowest BCUT2D eigenvalue weighted by atomic mass is 10.2. The number of rotatable bonds is 2. The van der Waals surface area contributed by atoms with Crippen LogP contribution in [0.1, 0.15) is 16.8 Å². The second-order valence-corrected chi connectivity index (χ2v) is 5.62. The first kappa shape index (κ1) is 15.6. The number of aromatic nitrogens is 4. The van der Waals surface area contributed by atoms with E-state index in [-0.39, 0.29) is 0 Å². The van der Waals surface area contributed by atoms with Crippen molar-refractivity contribution in [2.75, 3.05) is 0 Å². The Morgan fingerprint density at radius 2 is 1.50 bits per heavy atom. The molecule has 4 rings (SSSR count). The molecular formula is C22H14N4. The molecule has 122 valence electrons. The van der Waals surface area contributed by atoms with Crippen LogP contribution < -0.4 is 0 Å². The number of hydrogen-bond donors (Lipinski definition) is 0. The van der Waals surface area contributed by atoms with Crippen molar-refractivity contribution in [3.05, 3.63) is 90.1 Å². The Morgan fingerprint density at radius 1 is 0.769 bits per heavy atom. The first-order valence-corrected chi connectivity index (χ1v) is 8.17. The second kappa shape index (κ2) is 7.34. The lowest BCUT2D eigenvalue weighted by Gasteiger charge is -2.03. The van der Waals surface area contributed by atoms with Crippen molar-refractivity contribution in [2.24, 2.45) is 0 Å². The quantitative estimate of drug-likeness (QED) is 0.529. The Morgan fingerprint density at radius 3 is 2.31 bits per heavy atom. The van der Waals surface area contributed by atoms with Gasteiger partial charge in [-0.25, -0.2) is 15.0 Å². The summed E-state index contributed by atoms with van der Waals surface area (Å²) in [5, 5.41) is 0. The molecule has 2 heterocycles. The maximum absolute atomic E-state index is 4.44. The predicted octanol–water partition coefficient (Wildman–Crippen LogP) is 3.28. The predicted molar refractivity (Wildman–Crippen MR) is 101 cm³/mol. The normalized spacial score (nSPS) is 9.85. The lowest BCUT2D eigenvalue weighted by molar-refractivity contribution is 0.813. The highest BCUT2D eigenvalue weighted by atomic mass is 15.1. The molecule has 0 radical (unpaired) electrons. The van der Waals surface area contributed by atoms with Gasteiger partial charge in [-0.15, -0.1) is 0 Å². The Bertz CT molecular complexity index is 1150. The highest BCUT2D eigenvalue weighted by Crippen LogP contribution is 2.14. The molecule has 0 fully saturated rings. The van der Waals surface area contributed by atoms with Crippen LogP contribution in [0.5, 0.6) is 0 Å². The minimum atomic E-state index is 0.587. The van der Waals surface area contributed by atoms with Crippen LogP contribution in [-0.2, 0) is 6.54 Å². The van der Waals surface area contributed by atoms with E-state index in [1.807, 2.05) is 53.1 Å². The van der Waals surface area contributed by atoms with Crippen LogP contribution in [0, 0.1) is 23.7 Å². The molecule has 4 aromatic rings. The van der Waals surface area contributed by atoms with Crippen molar-refractivity contribution in [1.82, 2.24) is 19.5 Å². The van der Waals surface area contributed by atoms with E-state index in [1.54, 1.807) is 6.33 Å². The van der Waals surface area contributed by atoms with Gasteiger partial charge >= 0.3 is 0 Å². The Hall–Kier alpha value is -3.89. The zero-order valence-electron chi connectivity index (χ0n) is 13.9. The number of fused-ring (bicyclic) bond motifs is 1. The standard InChI is InChI=1S/C22H14N4/c1-3-9-18(10-4-1)11-7-8-14-20-21-22(24-16-23-20)26(17-25-21)15-19-12-5-2-6-13-19/h1-6,9-10,12-13,16-17H,15H2. The maximum Gasteiger partial charge on any atom is 0.164 e. The van der Waals surface area contributed by atoms with Crippen molar-refractivity contribution >= 4 is 11.2 Å². The molecule has 4 nitrogen and oxygen atoms in total. The number of imidazole rings is 1. The van der Waals surface area contributed by atoms with Crippen molar-refractivity contribution < 1.29 is 0 Å². The van der Waals surface area contributed by atoms with Gasteiger partial charge in [0.2, 0.25) is 0 Å². The fourth-order valence-electron chi connectivity index (χ4n) is 2.58. The molecule has 0 unspecified atom stereocenters. The summed E-state index contributed by atoms with van der Waals surface area (Å²) in [6, 6.07) is 19.9. The molecule has 0 bridgehead atoms. The second-order valence-electron chi connectivity index (χ2n) is 5.62. The Kier molecular flexibility index (Phi) is 4.41. The molecule has 0 aliphatic rings. The van der Waals surface area contributed by atoms with Gasteiger partial charge in [0.15, 0.2) is 5.65 Å². The van der Waals surface area contributed by atoms with E-state index < -0.39 is 0 Å². The summed E-state index contributed by atoms with van der Waals surface area (Å²) < 4.78 is 1.99. The van der Waals surface area contributed by atoms with Gasteiger partial charge in [0, 0.05) is 5.56 Å². The molecular weight excluding hydrogens is 320 g/mol. The first-order chi connectivity index (χ1) is 12.9. The fourth-order valence-corrected chi connectivity index (χ4v) is 2.58. The molecule has 0 aliphatic heterocycles.